The van der Waals surface area contributed by atoms with E-state index in [0.717, 1.165) is 19.3 Å². The Bertz CT molecular complexity index is 1780. The van der Waals surface area contributed by atoms with Gasteiger partial charge in [0, 0.05) is 30.4 Å². The number of nitrogens with one attached hydrogen (secondary N) is 1. The molecule has 9 nitrogen and oxygen atoms in total. The van der Waals surface area contributed by atoms with Gasteiger partial charge in [-0.2, -0.15) is 0 Å². The Morgan fingerprint density at radius 2 is 1.88 bits per heavy atom. The molecule has 0 aliphatic heterocycles. The summed E-state index contributed by atoms with van der Waals surface area (Å²) < 4.78 is 36.5. The molecule has 2 aromatic carbocycles. The molecule has 206 valence electrons. The minimum Gasteiger partial charge on any atom is -0.492 e. The van der Waals surface area contributed by atoms with Gasteiger partial charge in [0.2, 0.25) is 0 Å². The molecule has 1 atom stereocenters. The minimum atomic E-state index is -0.539. The van der Waals surface area contributed by atoms with Gasteiger partial charge in [-0.05, 0) is 61.9 Å². The molecule has 0 radical (unpaired) electrons. The number of nitrogens with zero attached hydrogens (tertiary/aromatic N) is 6. The van der Waals surface area contributed by atoms with Crippen molar-refractivity contribution in [2.24, 2.45) is 5.41 Å². The quantitative estimate of drug-likeness (QED) is 0.302. The first-order valence-corrected chi connectivity index (χ1v) is 13.5. The number of hydrogen-bond donors (Lipinski definition) is 1. The molecular weight excluding hydrogens is 528 g/mol. The molecule has 5 aromatic rings. The lowest BCUT2D eigenvalue weighted by molar-refractivity contribution is 0.0934. The summed E-state index contributed by atoms with van der Waals surface area (Å²) in [5, 5.41) is 12.0. The van der Waals surface area contributed by atoms with Gasteiger partial charge in [0.1, 0.15) is 34.4 Å². The molecule has 2 saturated carbocycles. The molecule has 1 amide bonds. The summed E-state index contributed by atoms with van der Waals surface area (Å²) in [5.41, 5.74) is 1.67. The summed E-state index contributed by atoms with van der Waals surface area (Å²) in [6.45, 7) is 2.42. The fraction of sp³-hybridized carbons (Fsp3) is 0.267. The van der Waals surface area contributed by atoms with E-state index in [-0.39, 0.29) is 28.8 Å². The summed E-state index contributed by atoms with van der Waals surface area (Å²) in [6, 6.07) is 12.5. The van der Waals surface area contributed by atoms with Crippen LogP contribution in [0.15, 0.2) is 67.1 Å². The highest BCUT2D eigenvalue weighted by atomic mass is 19.1. The van der Waals surface area contributed by atoms with Crippen LogP contribution in [0.4, 0.5) is 8.78 Å². The van der Waals surface area contributed by atoms with Crippen LogP contribution in [-0.2, 0) is 0 Å². The molecule has 0 bridgehead atoms. The van der Waals surface area contributed by atoms with Crippen LogP contribution in [0, 0.1) is 17.0 Å². The molecule has 1 unspecified atom stereocenters. The van der Waals surface area contributed by atoms with Crippen molar-refractivity contribution in [3.63, 3.8) is 0 Å². The Balaban J connectivity index is 1.13. The zero-order valence-corrected chi connectivity index (χ0v) is 22.1. The van der Waals surface area contributed by atoms with E-state index in [1.807, 2.05) is 6.92 Å². The molecule has 2 aliphatic carbocycles. The lowest BCUT2D eigenvalue weighted by Crippen LogP contribution is -2.36. The number of carbonyl (C=O) groups excluding carboxylic acids is 1. The van der Waals surface area contributed by atoms with Crippen LogP contribution in [0.5, 0.6) is 5.75 Å². The summed E-state index contributed by atoms with van der Waals surface area (Å²) in [4.78, 5) is 25.9. The largest absolute Gasteiger partial charge is 0.492 e. The fourth-order valence-electron chi connectivity index (χ4n) is 5.92. The maximum absolute atomic E-state index is 15.0. The maximum Gasteiger partial charge on any atom is 0.253 e. The predicted octanol–water partition coefficient (Wildman–Crippen LogP) is 5.02. The van der Waals surface area contributed by atoms with Gasteiger partial charge in [-0.15, -0.1) is 10.2 Å². The van der Waals surface area contributed by atoms with Crippen LogP contribution in [0.25, 0.3) is 28.2 Å². The fourth-order valence-corrected chi connectivity index (χ4v) is 5.92. The van der Waals surface area contributed by atoms with Gasteiger partial charge in [-0.25, -0.2) is 13.8 Å². The second kappa shape index (κ2) is 9.69. The van der Waals surface area contributed by atoms with Crippen molar-refractivity contribution in [3.8, 4) is 23.0 Å². The predicted molar refractivity (Wildman–Crippen MR) is 145 cm³/mol. The number of benzene rings is 2. The van der Waals surface area contributed by atoms with Crippen LogP contribution >= 0.6 is 0 Å². The van der Waals surface area contributed by atoms with Gasteiger partial charge < -0.3 is 10.1 Å². The van der Waals surface area contributed by atoms with Crippen molar-refractivity contribution >= 4 is 16.9 Å². The maximum atomic E-state index is 15.0. The first kappa shape index (κ1) is 25.2. The number of halogens is 2. The van der Waals surface area contributed by atoms with E-state index in [9.17, 15) is 9.18 Å². The van der Waals surface area contributed by atoms with Crippen LogP contribution in [0.3, 0.4) is 0 Å². The third kappa shape index (κ3) is 4.37. The number of carbonyl (C=O) groups is 1. The Hall–Kier alpha value is -4.80. The molecule has 1 spiro atoms. The van der Waals surface area contributed by atoms with Crippen molar-refractivity contribution in [1.29, 1.82) is 0 Å². The van der Waals surface area contributed by atoms with Gasteiger partial charge in [-0.1, -0.05) is 12.1 Å². The number of ether oxygens (including phenoxy) is 1. The highest BCUT2D eigenvalue weighted by Gasteiger charge is 2.63. The smallest absolute Gasteiger partial charge is 0.253 e. The Labute approximate surface area is 233 Å². The summed E-state index contributed by atoms with van der Waals surface area (Å²) in [5.74, 6) is 0.428. The molecule has 2 aliphatic rings. The number of rotatable bonds is 7. The standard InChI is InChI=1S/C30H25F2N7O2/c1-2-41-19-7-8-22(35-16-19)28-38-37-27(39(28)24-6-4-3-5-21(24)32)17-13-30(14-17)15-25(30)36-29(40)20-11-18(31)12-23-26(20)34-10-9-33-23/h3-12,16-17,25H,2,13-15H2,1H3,(H,36,40). The second-order valence-corrected chi connectivity index (χ2v) is 10.6. The molecule has 0 saturated heterocycles. The molecule has 3 aromatic heterocycles. The van der Waals surface area contributed by atoms with E-state index < -0.39 is 11.6 Å². The number of aromatic nitrogens is 6. The van der Waals surface area contributed by atoms with Crippen molar-refractivity contribution in [2.45, 2.75) is 38.1 Å². The lowest BCUT2D eigenvalue weighted by Gasteiger charge is -2.36. The van der Waals surface area contributed by atoms with E-state index >= 15 is 4.39 Å². The Morgan fingerprint density at radius 1 is 1.05 bits per heavy atom. The van der Waals surface area contributed by atoms with E-state index in [4.69, 9.17) is 4.74 Å². The molecule has 11 heteroatoms. The van der Waals surface area contributed by atoms with Crippen molar-refractivity contribution in [3.05, 3.63) is 90.1 Å². The van der Waals surface area contributed by atoms with Gasteiger partial charge in [0.25, 0.3) is 5.91 Å². The van der Waals surface area contributed by atoms with Crippen molar-refractivity contribution in [1.82, 2.24) is 35.0 Å². The van der Waals surface area contributed by atoms with E-state index in [0.29, 0.717) is 46.4 Å². The monoisotopic (exact) mass is 553 g/mol. The van der Waals surface area contributed by atoms with Gasteiger partial charge >= 0.3 is 0 Å². The zero-order chi connectivity index (χ0) is 28.1. The molecular formula is C30H25F2N7O2. The SMILES string of the molecule is CCOc1ccc(-c2nnc(C3CC4(C3)CC4NC(=O)c3cc(F)cc4nccnc34)n2-c2ccccc2F)nc1. The lowest BCUT2D eigenvalue weighted by atomic mass is 9.70. The van der Waals surface area contributed by atoms with Crippen LogP contribution in [0.2, 0.25) is 0 Å². The average Bonchev–Trinajstić information content (AvgIpc) is 3.51. The van der Waals surface area contributed by atoms with E-state index in [1.165, 1.54) is 30.6 Å². The summed E-state index contributed by atoms with van der Waals surface area (Å²) in [7, 11) is 0. The van der Waals surface area contributed by atoms with Gasteiger partial charge in [0.15, 0.2) is 5.82 Å². The van der Waals surface area contributed by atoms with E-state index in [1.54, 1.807) is 41.1 Å². The Kier molecular flexibility index (Phi) is 5.95. The van der Waals surface area contributed by atoms with Crippen LogP contribution in [-0.4, -0.2) is 48.3 Å². The minimum absolute atomic E-state index is 0.0151. The van der Waals surface area contributed by atoms with Crippen molar-refractivity contribution in [2.75, 3.05) is 6.61 Å². The molecule has 41 heavy (non-hydrogen) atoms. The normalized spacial score (nSPS) is 21.0. The number of hydrogen-bond acceptors (Lipinski definition) is 7. The van der Waals surface area contributed by atoms with Gasteiger partial charge in [0.05, 0.1) is 29.6 Å². The summed E-state index contributed by atoms with van der Waals surface area (Å²) in [6.07, 6.45) is 6.87. The van der Waals surface area contributed by atoms with E-state index in [2.05, 4.69) is 30.5 Å². The Morgan fingerprint density at radius 3 is 2.66 bits per heavy atom. The third-order valence-corrected chi connectivity index (χ3v) is 8.01. The highest BCUT2D eigenvalue weighted by molar-refractivity contribution is 6.05. The first-order chi connectivity index (χ1) is 20.0. The highest BCUT2D eigenvalue weighted by Crippen LogP contribution is 2.66. The summed E-state index contributed by atoms with van der Waals surface area (Å²) >= 11 is 0. The number of amides is 1. The molecule has 2 fully saturated rings. The van der Waals surface area contributed by atoms with Crippen LogP contribution in [0.1, 0.15) is 48.3 Å². The third-order valence-electron chi connectivity index (χ3n) is 8.01. The number of para-hydroxylation sites is 1. The topological polar surface area (TPSA) is 108 Å². The zero-order valence-electron chi connectivity index (χ0n) is 22.1. The molecule has 7 rings (SSSR count). The molecule has 1 N–H and O–H groups in total. The number of pyridine rings is 1. The van der Waals surface area contributed by atoms with Crippen molar-refractivity contribution < 1.29 is 18.3 Å². The van der Waals surface area contributed by atoms with Gasteiger partial charge in [-0.3, -0.25) is 19.3 Å². The molecule has 3 heterocycles. The van der Waals surface area contributed by atoms with Crippen LogP contribution < -0.4 is 10.1 Å². The second-order valence-electron chi connectivity index (χ2n) is 10.6. The number of fused-ring (bicyclic) bond motifs is 1. The average molecular weight is 554 g/mol. The first-order valence-electron chi connectivity index (χ1n) is 13.5.